The van der Waals surface area contributed by atoms with Crippen LogP contribution in [-0.2, 0) is 0 Å². The first-order valence-electron chi connectivity index (χ1n) is 9.66. The summed E-state index contributed by atoms with van der Waals surface area (Å²) in [6, 6.07) is 16.6. The van der Waals surface area contributed by atoms with Gasteiger partial charge in [0.1, 0.15) is 18.2 Å². The van der Waals surface area contributed by atoms with Gasteiger partial charge in [0.15, 0.2) is 6.17 Å². The number of rotatable bonds is 3. The molecule has 7 nitrogen and oxygen atoms in total. The summed E-state index contributed by atoms with van der Waals surface area (Å²) in [6.07, 6.45) is 3.03. The normalized spacial score (nSPS) is 20.5. The molecular formula is C22H19ClN6O. The first-order chi connectivity index (χ1) is 14.6. The molecule has 0 saturated carbocycles. The highest BCUT2D eigenvalue weighted by Crippen LogP contribution is 2.26. The van der Waals surface area contributed by atoms with Crippen LogP contribution >= 0.6 is 11.6 Å². The molecule has 0 amide bonds. The zero-order valence-corrected chi connectivity index (χ0v) is 16.9. The summed E-state index contributed by atoms with van der Waals surface area (Å²) in [5.41, 5.74) is 1.43. The van der Waals surface area contributed by atoms with Crippen molar-refractivity contribution >= 4 is 40.9 Å². The molecule has 3 heterocycles. The molecule has 8 heteroatoms. The number of halogens is 1. The Morgan fingerprint density at radius 2 is 1.97 bits per heavy atom. The second-order valence-corrected chi connectivity index (χ2v) is 7.64. The van der Waals surface area contributed by atoms with E-state index in [1.165, 1.54) is 6.34 Å². The first-order valence-corrected chi connectivity index (χ1v) is 10.0. The third-order valence-electron chi connectivity index (χ3n) is 5.33. The maximum Gasteiger partial charge on any atom is 0.264 e. The molecule has 0 bridgehead atoms. The number of benzene rings is 2. The van der Waals surface area contributed by atoms with Crippen LogP contribution in [0.3, 0.4) is 0 Å². The fourth-order valence-corrected chi connectivity index (χ4v) is 4.14. The summed E-state index contributed by atoms with van der Waals surface area (Å²) in [5, 5.41) is 8.28. The first kappa shape index (κ1) is 18.6. The van der Waals surface area contributed by atoms with Crippen molar-refractivity contribution in [3.05, 3.63) is 75.7 Å². The highest BCUT2D eigenvalue weighted by molar-refractivity contribution is 6.35. The molecule has 2 unspecified atom stereocenters. The molecule has 2 aliphatic heterocycles. The van der Waals surface area contributed by atoms with Gasteiger partial charge < -0.3 is 10.6 Å². The molecular weight excluding hydrogens is 400 g/mol. The Balaban J connectivity index is 1.64. The van der Waals surface area contributed by atoms with Crippen molar-refractivity contribution in [2.24, 2.45) is 15.0 Å². The van der Waals surface area contributed by atoms with E-state index in [1.54, 1.807) is 17.0 Å². The van der Waals surface area contributed by atoms with E-state index < -0.39 is 0 Å². The summed E-state index contributed by atoms with van der Waals surface area (Å²) in [7, 11) is 0. The topological polar surface area (TPSA) is 83.1 Å². The largest absolute Gasteiger partial charge is 0.364 e. The molecule has 3 aromatic rings. The van der Waals surface area contributed by atoms with Gasteiger partial charge in [-0.15, -0.1) is 0 Å². The smallest absolute Gasteiger partial charge is 0.264 e. The van der Waals surface area contributed by atoms with Gasteiger partial charge in [0, 0.05) is 11.4 Å². The number of aliphatic imine (C=N–C) groups is 3. The van der Waals surface area contributed by atoms with E-state index in [4.69, 9.17) is 11.6 Å². The van der Waals surface area contributed by atoms with Crippen LogP contribution in [0.4, 0.5) is 0 Å². The zero-order valence-electron chi connectivity index (χ0n) is 16.2. The Morgan fingerprint density at radius 1 is 1.13 bits per heavy atom. The second-order valence-electron chi connectivity index (χ2n) is 7.23. The Labute approximate surface area is 177 Å². The number of fused-ring (bicyclic) bond motifs is 2. The van der Waals surface area contributed by atoms with Crippen LogP contribution in [-0.4, -0.2) is 35.3 Å². The van der Waals surface area contributed by atoms with E-state index in [0.717, 1.165) is 16.8 Å². The Morgan fingerprint density at radius 3 is 2.80 bits per heavy atom. The third kappa shape index (κ3) is 3.07. The Bertz CT molecular complexity index is 1260. The van der Waals surface area contributed by atoms with Crippen LogP contribution < -0.4 is 16.2 Å². The molecule has 0 saturated heterocycles. The van der Waals surface area contributed by atoms with Gasteiger partial charge in [-0.25, -0.2) is 9.98 Å². The molecule has 2 aromatic carbocycles. The molecule has 5 rings (SSSR count). The van der Waals surface area contributed by atoms with Gasteiger partial charge in [0.05, 0.1) is 22.8 Å². The molecule has 3 atom stereocenters. The van der Waals surface area contributed by atoms with Crippen LogP contribution in [0.5, 0.6) is 0 Å². The lowest BCUT2D eigenvalue weighted by Crippen LogP contribution is -2.45. The van der Waals surface area contributed by atoms with Crippen molar-refractivity contribution in [1.82, 2.24) is 15.2 Å². The molecule has 150 valence electrons. The van der Waals surface area contributed by atoms with Gasteiger partial charge >= 0.3 is 0 Å². The number of hydrogen-bond acceptors (Lipinski definition) is 6. The summed E-state index contributed by atoms with van der Waals surface area (Å²) in [4.78, 5) is 26.6. The fraction of sp³-hybridized carbons (Fsp3) is 0.182. The maximum absolute atomic E-state index is 13.5. The Hall–Kier alpha value is -3.45. The molecule has 0 fully saturated rings. The fourth-order valence-electron chi connectivity index (χ4n) is 3.88. The number of para-hydroxylation sites is 1. The van der Waals surface area contributed by atoms with Gasteiger partial charge in [-0.1, -0.05) is 41.9 Å². The summed E-state index contributed by atoms with van der Waals surface area (Å²) >= 11 is 6.38. The maximum atomic E-state index is 13.5. The van der Waals surface area contributed by atoms with Gasteiger partial charge in [-0.05, 0) is 36.6 Å². The number of pyridine rings is 1. The standard InChI is InChI=1S/C22H19ClN6O/c1-13(28-21-19-20(25-11-24-19)26-12-27-21)17-10-14-6-5-9-16(23)18(14)22(30)29(17)15-7-3-2-4-8-15/h2-13,19-20H,1H3,(H,24,25)(H,26,27,28)/t13-,19?,20?/m0/s1. The van der Waals surface area contributed by atoms with Crippen molar-refractivity contribution in [3.8, 4) is 5.69 Å². The van der Waals surface area contributed by atoms with E-state index in [0.29, 0.717) is 16.2 Å². The van der Waals surface area contributed by atoms with Gasteiger partial charge in [-0.3, -0.25) is 14.4 Å². The SMILES string of the molecule is C[C@H](NC1=NC=NC2NC=NC12)c1cc2cccc(Cl)c2c(=O)n1-c1ccccc1. The minimum atomic E-state index is -0.219. The van der Waals surface area contributed by atoms with Gasteiger partial charge in [0.2, 0.25) is 0 Å². The van der Waals surface area contributed by atoms with Crippen molar-refractivity contribution in [1.29, 1.82) is 0 Å². The third-order valence-corrected chi connectivity index (χ3v) is 5.65. The lowest BCUT2D eigenvalue weighted by Gasteiger charge is -2.26. The Kier molecular flexibility index (Phi) is 4.59. The molecule has 1 aromatic heterocycles. The van der Waals surface area contributed by atoms with E-state index in [-0.39, 0.29) is 23.8 Å². The van der Waals surface area contributed by atoms with Crippen molar-refractivity contribution in [2.45, 2.75) is 25.2 Å². The van der Waals surface area contributed by atoms with Crippen LogP contribution in [0.25, 0.3) is 16.5 Å². The highest BCUT2D eigenvalue weighted by atomic mass is 35.5. The lowest BCUT2D eigenvalue weighted by molar-refractivity contribution is 0.590. The predicted molar refractivity (Wildman–Crippen MR) is 121 cm³/mol. The summed E-state index contributed by atoms with van der Waals surface area (Å²) in [6.45, 7) is 2.00. The van der Waals surface area contributed by atoms with E-state index in [2.05, 4.69) is 25.6 Å². The zero-order chi connectivity index (χ0) is 20.7. The summed E-state index contributed by atoms with van der Waals surface area (Å²) < 4.78 is 1.71. The van der Waals surface area contributed by atoms with E-state index in [1.807, 2.05) is 55.5 Å². The average Bonchev–Trinajstić information content (AvgIpc) is 3.24. The minimum Gasteiger partial charge on any atom is -0.364 e. The predicted octanol–water partition coefficient (Wildman–Crippen LogP) is 3.06. The highest BCUT2D eigenvalue weighted by Gasteiger charge is 2.31. The number of hydrogen-bond donors (Lipinski definition) is 2. The summed E-state index contributed by atoms with van der Waals surface area (Å²) in [5.74, 6) is 0.710. The minimum absolute atomic E-state index is 0.149. The number of amidine groups is 1. The van der Waals surface area contributed by atoms with Crippen LogP contribution in [0.1, 0.15) is 18.7 Å². The van der Waals surface area contributed by atoms with Gasteiger partial charge in [0.25, 0.3) is 5.56 Å². The van der Waals surface area contributed by atoms with Crippen molar-refractivity contribution in [2.75, 3.05) is 0 Å². The van der Waals surface area contributed by atoms with Crippen LogP contribution in [0.15, 0.2) is 74.4 Å². The van der Waals surface area contributed by atoms with Gasteiger partial charge in [-0.2, -0.15) is 0 Å². The number of nitrogens with one attached hydrogen (secondary N) is 2. The molecule has 0 radical (unpaired) electrons. The quantitative estimate of drug-likeness (QED) is 0.685. The van der Waals surface area contributed by atoms with Crippen molar-refractivity contribution < 1.29 is 0 Å². The van der Waals surface area contributed by atoms with Crippen molar-refractivity contribution in [3.63, 3.8) is 0 Å². The molecule has 30 heavy (non-hydrogen) atoms. The van der Waals surface area contributed by atoms with Crippen LogP contribution in [0.2, 0.25) is 5.02 Å². The molecule has 0 spiro atoms. The van der Waals surface area contributed by atoms with Crippen LogP contribution in [0, 0.1) is 0 Å². The lowest BCUT2D eigenvalue weighted by atomic mass is 10.1. The molecule has 0 aliphatic carbocycles. The monoisotopic (exact) mass is 418 g/mol. The number of nitrogens with zero attached hydrogens (tertiary/aromatic N) is 4. The molecule has 2 aliphatic rings. The molecule has 2 N–H and O–H groups in total. The van der Waals surface area contributed by atoms with E-state index >= 15 is 0 Å². The second kappa shape index (κ2) is 7.42. The average molecular weight is 419 g/mol. The number of aromatic nitrogens is 1. The van der Waals surface area contributed by atoms with E-state index in [9.17, 15) is 4.79 Å².